The molecule has 0 radical (unpaired) electrons. The molecule has 0 aliphatic carbocycles. The van der Waals surface area contributed by atoms with Crippen LogP contribution >= 0.6 is 0 Å². The molecule has 2 N–H and O–H groups in total. The lowest BCUT2D eigenvalue weighted by molar-refractivity contribution is -0.132. The van der Waals surface area contributed by atoms with Crippen molar-refractivity contribution in [2.24, 2.45) is 5.92 Å². The number of rotatable bonds is 6. The largest absolute Gasteiger partial charge is 0.348 e. The zero-order valence-corrected chi connectivity index (χ0v) is 13.7. The van der Waals surface area contributed by atoms with E-state index >= 15 is 0 Å². The first kappa shape index (κ1) is 17.0. The van der Waals surface area contributed by atoms with Crippen molar-refractivity contribution >= 4 is 17.8 Å². The SMILES string of the molecule is CC(C)C[C@@H]1NC(=O)N(CC(=O)N[C@@H](C)c2ccccc2)C1=O. The van der Waals surface area contributed by atoms with Gasteiger partial charge in [-0.1, -0.05) is 44.2 Å². The van der Waals surface area contributed by atoms with E-state index in [4.69, 9.17) is 0 Å². The molecule has 0 bridgehead atoms. The summed E-state index contributed by atoms with van der Waals surface area (Å²) >= 11 is 0. The minimum absolute atomic E-state index is 0.184. The second kappa shape index (κ2) is 7.26. The first-order valence-electron chi connectivity index (χ1n) is 7.84. The lowest BCUT2D eigenvalue weighted by Crippen LogP contribution is -2.41. The van der Waals surface area contributed by atoms with Crippen LogP contribution in [-0.4, -0.2) is 35.3 Å². The summed E-state index contributed by atoms with van der Waals surface area (Å²) in [6, 6.07) is 8.31. The Morgan fingerprint density at radius 1 is 1.22 bits per heavy atom. The number of hydrogen-bond donors (Lipinski definition) is 2. The van der Waals surface area contributed by atoms with E-state index < -0.39 is 12.1 Å². The molecule has 2 atom stereocenters. The van der Waals surface area contributed by atoms with Gasteiger partial charge in [-0.2, -0.15) is 0 Å². The molecule has 1 heterocycles. The summed E-state index contributed by atoms with van der Waals surface area (Å²) in [5.41, 5.74) is 0.968. The van der Waals surface area contributed by atoms with Gasteiger partial charge < -0.3 is 10.6 Å². The van der Waals surface area contributed by atoms with Crippen molar-refractivity contribution < 1.29 is 14.4 Å². The summed E-state index contributed by atoms with van der Waals surface area (Å²) in [5.74, 6) is -0.391. The summed E-state index contributed by atoms with van der Waals surface area (Å²) < 4.78 is 0. The average molecular weight is 317 g/mol. The molecule has 23 heavy (non-hydrogen) atoms. The zero-order chi connectivity index (χ0) is 17.0. The van der Waals surface area contributed by atoms with Crippen LogP contribution in [0.1, 0.15) is 38.8 Å². The summed E-state index contributed by atoms with van der Waals surface area (Å²) in [5, 5.41) is 5.44. The van der Waals surface area contributed by atoms with Gasteiger partial charge in [0.05, 0.1) is 6.04 Å². The Hall–Kier alpha value is -2.37. The van der Waals surface area contributed by atoms with Gasteiger partial charge in [0.15, 0.2) is 0 Å². The quantitative estimate of drug-likeness (QED) is 0.786. The first-order valence-corrected chi connectivity index (χ1v) is 7.84. The molecule has 0 unspecified atom stereocenters. The molecular weight excluding hydrogens is 294 g/mol. The van der Waals surface area contributed by atoms with Crippen molar-refractivity contribution in [3.63, 3.8) is 0 Å². The maximum atomic E-state index is 12.2. The number of nitrogens with one attached hydrogen (secondary N) is 2. The fourth-order valence-electron chi connectivity index (χ4n) is 2.61. The van der Waals surface area contributed by atoms with Gasteiger partial charge in [-0.15, -0.1) is 0 Å². The van der Waals surface area contributed by atoms with E-state index in [1.165, 1.54) is 0 Å². The third kappa shape index (κ3) is 4.31. The third-order valence-corrected chi connectivity index (χ3v) is 3.79. The van der Waals surface area contributed by atoms with Gasteiger partial charge >= 0.3 is 6.03 Å². The predicted octanol–water partition coefficient (Wildman–Crippen LogP) is 1.83. The van der Waals surface area contributed by atoms with Gasteiger partial charge in [0, 0.05) is 0 Å². The van der Waals surface area contributed by atoms with Crippen LogP contribution in [-0.2, 0) is 9.59 Å². The molecule has 1 saturated heterocycles. The van der Waals surface area contributed by atoms with Crippen LogP contribution in [0, 0.1) is 5.92 Å². The van der Waals surface area contributed by atoms with Crippen LogP contribution in [0.2, 0.25) is 0 Å². The van der Waals surface area contributed by atoms with Gasteiger partial charge in [0.25, 0.3) is 5.91 Å². The normalized spacial score (nSPS) is 19.0. The van der Waals surface area contributed by atoms with Crippen molar-refractivity contribution in [1.82, 2.24) is 15.5 Å². The Kier molecular flexibility index (Phi) is 5.36. The molecule has 2 rings (SSSR count). The molecule has 0 saturated carbocycles. The highest BCUT2D eigenvalue weighted by atomic mass is 16.2. The third-order valence-electron chi connectivity index (χ3n) is 3.79. The van der Waals surface area contributed by atoms with E-state index in [2.05, 4.69) is 10.6 Å². The van der Waals surface area contributed by atoms with Gasteiger partial charge in [-0.3, -0.25) is 14.5 Å². The van der Waals surface area contributed by atoms with E-state index in [9.17, 15) is 14.4 Å². The number of amides is 4. The van der Waals surface area contributed by atoms with Gasteiger partial charge in [-0.25, -0.2) is 4.79 Å². The topological polar surface area (TPSA) is 78.5 Å². The fraction of sp³-hybridized carbons (Fsp3) is 0.471. The van der Waals surface area contributed by atoms with Gasteiger partial charge in [0.2, 0.25) is 5.91 Å². The number of carbonyl (C=O) groups excluding carboxylic acids is 3. The monoisotopic (exact) mass is 317 g/mol. The number of benzene rings is 1. The Balaban J connectivity index is 1.92. The molecule has 6 heteroatoms. The number of imide groups is 1. The molecule has 6 nitrogen and oxygen atoms in total. The van der Waals surface area contributed by atoms with E-state index in [0.717, 1.165) is 10.5 Å². The van der Waals surface area contributed by atoms with Crippen LogP contribution in [0.4, 0.5) is 4.79 Å². The Morgan fingerprint density at radius 2 is 1.87 bits per heavy atom. The Bertz CT molecular complexity index is 586. The van der Waals surface area contributed by atoms with Crippen molar-refractivity contribution in [1.29, 1.82) is 0 Å². The molecule has 1 fully saturated rings. The van der Waals surface area contributed by atoms with Crippen LogP contribution in [0.25, 0.3) is 0 Å². The maximum absolute atomic E-state index is 12.2. The Labute approximate surface area is 136 Å². The summed E-state index contributed by atoms with van der Waals surface area (Å²) in [6.07, 6.45) is 0.573. The standard InChI is InChI=1S/C17H23N3O3/c1-11(2)9-14-16(22)20(17(23)19-14)10-15(21)18-12(3)13-7-5-4-6-8-13/h4-8,11-12,14H,9-10H2,1-3H3,(H,18,21)(H,19,23)/t12-,14-/m0/s1. The van der Waals surface area contributed by atoms with Crippen molar-refractivity contribution in [3.8, 4) is 0 Å². The van der Waals surface area contributed by atoms with Gasteiger partial charge in [-0.05, 0) is 24.8 Å². The second-order valence-electron chi connectivity index (χ2n) is 6.26. The average Bonchev–Trinajstić information content (AvgIpc) is 2.75. The highest BCUT2D eigenvalue weighted by Crippen LogP contribution is 2.15. The smallest absolute Gasteiger partial charge is 0.325 e. The number of nitrogens with zero attached hydrogens (tertiary/aromatic N) is 1. The van der Waals surface area contributed by atoms with Gasteiger partial charge in [0.1, 0.15) is 12.6 Å². The van der Waals surface area contributed by atoms with Crippen LogP contribution < -0.4 is 10.6 Å². The molecule has 0 aromatic heterocycles. The summed E-state index contributed by atoms with van der Waals surface area (Å²) in [6.45, 7) is 5.57. The molecule has 1 aromatic rings. The summed E-state index contributed by atoms with van der Waals surface area (Å²) in [4.78, 5) is 37.2. The lowest BCUT2D eigenvalue weighted by atomic mass is 10.0. The van der Waals surface area contributed by atoms with Crippen molar-refractivity contribution in [2.45, 2.75) is 39.3 Å². The molecule has 1 aromatic carbocycles. The first-order chi connectivity index (χ1) is 10.9. The van der Waals surface area contributed by atoms with Crippen molar-refractivity contribution in [2.75, 3.05) is 6.54 Å². The number of carbonyl (C=O) groups is 3. The molecule has 0 spiro atoms. The predicted molar refractivity (Wildman–Crippen MR) is 86.5 cm³/mol. The van der Waals surface area contributed by atoms with E-state index in [1.54, 1.807) is 0 Å². The van der Waals surface area contributed by atoms with Crippen LogP contribution in [0.3, 0.4) is 0 Å². The molecule has 1 aliphatic rings. The molecular formula is C17H23N3O3. The van der Waals surface area contributed by atoms with E-state index in [1.807, 2.05) is 51.1 Å². The van der Waals surface area contributed by atoms with Crippen LogP contribution in [0.5, 0.6) is 0 Å². The highest BCUT2D eigenvalue weighted by Gasteiger charge is 2.39. The molecule has 124 valence electrons. The zero-order valence-electron chi connectivity index (χ0n) is 13.7. The molecule has 1 aliphatic heterocycles. The second-order valence-corrected chi connectivity index (χ2v) is 6.26. The fourth-order valence-corrected chi connectivity index (χ4v) is 2.61. The minimum Gasteiger partial charge on any atom is -0.348 e. The maximum Gasteiger partial charge on any atom is 0.325 e. The van der Waals surface area contributed by atoms with E-state index in [-0.39, 0.29) is 30.3 Å². The number of urea groups is 1. The highest BCUT2D eigenvalue weighted by molar-refractivity contribution is 6.06. The van der Waals surface area contributed by atoms with E-state index in [0.29, 0.717) is 6.42 Å². The van der Waals surface area contributed by atoms with Crippen molar-refractivity contribution in [3.05, 3.63) is 35.9 Å². The molecule has 4 amide bonds. The lowest BCUT2D eigenvalue weighted by Gasteiger charge is -2.17. The number of hydrogen-bond acceptors (Lipinski definition) is 3. The summed E-state index contributed by atoms with van der Waals surface area (Å²) in [7, 11) is 0. The van der Waals surface area contributed by atoms with Crippen LogP contribution in [0.15, 0.2) is 30.3 Å². The Morgan fingerprint density at radius 3 is 2.48 bits per heavy atom. The minimum atomic E-state index is -0.526.